The van der Waals surface area contributed by atoms with E-state index in [4.69, 9.17) is 20.6 Å². The molecule has 0 aliphatic carbocycles. The van der Waals surface area contributed by atoms with Crippen LogP contribution in [-0.2, 0) is 20.7 Å². The molecule has 1 fully saturated rings. The molecular formula is C27H31N3O5. The van der Waals surface area contributed by atoms with Crippen molar-refractivity contribution < 1.29 is 23.9 Å². The average Bonchev–Trinajstić information content (AvgIpc) is 2.85. The molecule has 0 saturated carbocycles. The van der Waals surface area contributed by atoms with Gasteiger partial charge in [0.1, 0.15) is 11.8 Å². The minimum Gasteiger partial charge on any atom is -0.464 e. The van der Waals surface area contributed by atoms with E-state index >= 15 is 0 Å². The molecule has 1 aliphatic heterocycles. The number of nitrogens with zero attached hydrogens (tertiary/aromatic N) is 1. The van der Waals surface area contributed by atoms with Crippen molar-refractivity contribution >= 4 is 29.8 Å². The number of amides is 1. The molecule has 8 nitrogen and oxygen atoms in total. The minimum absolute atomic E-state index is 0.0653. The smallest absolute Gasteiger partial charge is 0.343 e. The zero-order valence-corrected chi connectivity index (χ0v) is 20.1. The Bertz CT molecular complexity index is 1110. The lowest BCUT2D eigenvalue weighted by atomic mass is 10.0. The second-order valence-electron chi connectivity index (χ2n) is 8.45. The molecule has 1 aliphatic rings. The molecule has 1 amide bonds. The van der Waals surface area contributed by atoms with Gasteiger partial charge in [0.2, 0.25) is 5.91 Å². The molecule has 0 radical (unpaired) electrons. The average molecular weight is 478 g/mol. The number of rotatable bonds is 8. The summed E-state index contributed by atoms with van der Waals surface area (Å²) in [6.45, 7) is 4.28. The molecule has 2 aromatic rings. The van der Waals surface area contributed by atoms with Gasteiger partial charge >= 0.3 is 11.9 Å². The van der Waals surface area contributed by atoms with E-state index in [-0.39, 0.29) is 24.3 Å². The Morgan fingerprint density at radius 3 is 2.40 bits per heavy atom. The molecule has 1 atom stereocenters. The summed E-state index contributed by atoms with van der Waals surface area (Å²) in [5.74, 6) is -0.594. The van der Waals surface area contributed by atoms with Gasteiger partial charge in [-0.25, -0.2) is 9.59 Å². The molecule has 1 saturated heterocycles. The van der Waals surface area contributed by atoms with Crippen LogP contribution in [0.5, 0.6) is 5.75 Å². The fourth-order valence-corrected chi connectivity index (χ4v) is 3.97. The first kappa shape index (κ1) is 25.7. The van der Waals surface area contributed by atoms with Crippen LogP contribution >= 0.6 is 0 Å². The molecule has 8 heteroatoms. The van der Waals surface area contributed by atoms with Crippen molar-refractivity contribution in [3.8, 4) is 5.75 Å². The van der Waals surface area contributed by atoms with Crippen LogP contribution in [0.4, 0.5) is 0 Å². The first-order valence-corrected chi connectivity index (χ1v) is 11.7. The maximum absolute atomic E-state index is 13.0. The zero-order chi connectivity index (χ0) is 25.4. The van der Waals surface area contributed by atoms with Gasteiger partial charge in [-0.1, -0.05) is 24.3 Å². The Kier molecular flexibility index (Phi) is 8.78. The minimum atomic E-state index is -0.548. The van der Waals surface area contributed by atoms with E-state index in [2.05, 4.69) is 0 Å². The van der Waals surface area contributed by atoms with E-state index in [1.54, 1.807) is 73.4 Å². The number of amidine groups is 1. The zero-order valence-electron chi connectivity index (χ0n) is 20.1. The van der Waals surface area contributed by atoms with Crippen molar-refractivity contribution in [3.63, 3.8) is 0 Å². The Balaban J connectivity index is 1.64. The molecule has 0 bridgehead atoms. The molecule has 1 unspecified atom stereocenters. The summed E-state index contributed by atoms with van der Waals surface area (Å²) in [6.07, 6.45) is 4.42. The first-order chi connectivity index (χ1) is 16.8. The number of benzene rings is 2. The van der Waals surface area contributed by atoms with Crippen molar-refractivity contribution in [2.75, 3.05) is 13.2 Å². The van der Waals surface area contributed by atoms with Crippen LogP contribution in [0.3, 0.4) is 0 Å². The molecule has 2 aromatic carbocycles. The normalized spacial score (nSPS) is 15.9. The van der Waals surface area contributed by atoms with E-state index in [9.17, 15) is 14.4 Å². The lowest BCUT2D eigenvalue weighted by Crippen LogP contribution is -2.48. The number of esters is 2. The molecule has 0 aromatic heterocycles. The van der Waals surface area contributed by atoms with Gasteiger partial charge in [-0.2, -0.15) is 0 Å². The van der Waals surface area contributed by atoms with Crippen LogP contribution < -0.4 is 10.5 Å². The fourth-order valence-electron chi connectivity index (χ4n) is 3.97. The SMILES string of the molecule is CCOC(=O)C1CCCCN1C(=O)/C(C)=C/c1ccc(C(=O)Oc2ccc(CC(=N)N)cc2)cc1. The standard InChI is InChI=1S/C27H31N3O5/c1-3-34-27(33)23-6-4-5-15-30(23)25(31)18(2)16-19-7-11-21(12-8-19)26(32)35-22-13-9-20(10-14-22)17-24(28)29/h7-14,16,23H,3-6,15,17H2,1-2H3,(H3,28,29)/b18-16+. The lowest BCUT2D eigenvalue weighted by Gasteiger charge is -2.34. The predicted molar refractivity (Wildman–Crippen MR) is 133 cm³/mol. The highest BCUT2D eigenvalue weighted by Crippen LogP contribution is 2.22. The predicted octanol–water partition coefficient (Wildman–Crippen LogP) is 3.73. The third kappa shape index (κ3) is 7.02. The van der Waals surface area contributed by atoms with E-state index in [0.717, 1.165) is 24.0 Å². The maximum Gasteiger partial charge on any atom is 0.343 e. The van der Waals surface area contributed by atoms with E-state index in [1.165, 1.54) is 0 Å². The number of hydrogen-bond donors (Lipinski definition) is 2. The molecular weight excluding hydrogens is 446 g/mol. The quantitative estimate of drug-likeness (QED) is 0.196. The second-order valence-corrected chi connectivity index (χ2v) is 8.45. The summed E-state index contributed by atoms with van der Waals surface area (Å²) in [4.78, 5) is 39.4. The third-order valence-electron chi connectivity index (χ3n) is 5.72. The van der Waals surface area contributed by atoms with Gasteiger partial charge in [0.05, 0.1) is 18.0 Å². The van der Waals surface area contributed by atoms with E-state index in [0.29, 0.717) is 36.3 Å². The van der Waals surface area contributed by atoms with Crippen LogP contribution in [-0.4, -0.2) is 47.8 Å². The first-order valence-electron chi connectivity index (χ1n) is 11.7. The lowest BCUT2D eigenvalue weighted by molar-refractivity contribution is -0.155. The van der Waals surface area contributed by atoms with Crippen molar-refractivity contribution in [3.05, 3.63) is 70.8 Å². The van der Waals surface area contributed by atoms with Gasteiger partial charge in [-0.15, -0.1) is 0 Å². The number of nitrogens with two attached hydrogens (primary N) is 1. The number of carbonyl (C=O) groups is 3. The number of ether oxygens (including phenoxy) is 2. The van der Waals surface area contributed by atoms with Crippen molar-refractivity contribution in [1.82, 2.24) is 4.90 Å². The van der Waals surface area contributed by atoms with Gasteiger partial charge in [-0.05, 0) is 74.6 Å². The molecule has 0 spiro atoms. The summed E-state index contributed by atoms with van der Waals surface area (Å²) in [5.41, 5.74) is 7.89. The second kappa shape index (κ2) is 12.0. The molecule has 35 heavy (non-hydrogen) atoms. The van der Waals surface area contributed by atoms with Crippen LogP contribution in [0.15, 0.2) is 54.1 Å². The molecule has 3 rings (SSSR count). The van der Waals surface area contributed by atoms with Crippen LogP contribution in [0.2, 0.25) is 0 Å². The fraction of sp³-hybridized carbons (Fsp3) is 0.333. The number of hydrogen-bond acceptors (Lipinski definition) is 6. The molecule has 184 valence electrons. The van der Waals surface area contributed by atoms with Gasteiger partial charge in [0, 0.05) is 18.5 Å². The Hall–Kier alpha value is -3.94. The molecule has 3 N–H and O–H groups in total. The Labute approximate surface area is 205 Å². The Morgan fingerprint density at radius 2 is 1.77 bits per heavy atom. The topological polar surface area (TPSA) is 123 Å². The summed E-state index contributed by atoms with van der Waals surface area (Å²) >= 11 is 0. The highest BCUT2D eigenvalue weighted by Gasteiger charge is 2.33. The van der Waals surface area contributed by atoms with Crippen LogP contribution in [0, 0.1) is 5.41 Å². The van der Waals surface area contributed by atoms with Crippen molar-refractivity contribution in [2.24, 2.45) is 5.73 Å². The number of nitrogens with one attached hydrogen (secondary N) is 1. The summed E-state index contributed by atoms with van der Waals surface area (Å²) < 4.78 is 10.6. The van der Waals surface area contributed by atoms with Gasteiger partial charge < -0.3 is 20.1 Å². The van der Waals surface area contributed by atoms with Crippen LogP contribution in [0.1, 0.15) is 54.6 Å². The summed E-state index contributed by atoms with van der Waals surface area (Å²) in [7, 11) is 0. The number of piperidine rings is 1. The summed E-state index contributed by atoms with van der Waals surface area (Å²) in [6, 6.07) is 13.0. The van der Waals surface area contributed by atoms with Crippen LogP contribution in [0.25, 0.3) is 6.08 Å². The van der Waals surface area contributed by atoms with Crippen molar-refractivity contribution in [2.45, 2.75) is 45.6 Å². The highest BCUT2D eigenvalue weighted by atomic mass is 16.5. The number of likely N-dealkylation sites (tertiary alicyclic amines) is 1. The van der Waals surface area contributed by atoms with Gasteiger partial charge in [-0.3, -0.25) is 10.2 Å². The Morgan fingerprint density at radius 1 is 1.09 bits per heavy atom. The van der Waals surface area contributed by atoms with Crippen molar-refractivity contribution in [1.29, 1.82) is 5.41 Å². The van der Waals surface area contributed by atoms with E-state index < -0.39 is 12.0 Å². The van der Waals surface area contributed by atoms with E-state index in [1.807, 2.05) is 0 Å². The number of carbonyl (C=O) groups excluding carboxylic acids is 3. The monoisotopic (exact) mass is 477 g/mol. The highest BCUT2D eigenvalue weighted by molar-refractivity contribution is 5.99. The third-order valence-corrected chi connectivity index (χ3v) is 5.72. The van der Waals surface area contributed by atoms with Gasteiger partial charge in [0.25, 0.3) is 0 Å². The molecule has 1 heterocycles. The van der Waals surface area contributed by atoms with Gasteiger partial charge in [0.15, 0.2) is 0 Å². The summed E-state index contributed by atoms with van der Waals surface area (Å²) in [5, 5.41) is 7.34. The largest absolute Gasteiger partial charge is 0.464 e. The maximum atomic E-state index is 13.0.